The van der Waals surface area contributed by atoms with E-state index in [1.54, 1.807) is 18.0 Å². The van der Waals surface area contributed by atoms with Gasteiger partial charge in [-0.05, 0) is 75.0 Å². The molecule has 9 heteroatoms. The van der Waals surface area contributed by atoms with E-state index < -0.39 is 28.8 Å². The standard InChI is InChI=1S/C28H31F3N2O4/c1-32-14-13-26-22-11-10-20(27(26,36)21(32)15-17-6-9-19(34)25(37-22)24(17)26)33(2)23(35)12-5-16-3-7-18(8-4-16)28(29,30)31/h3-4,6-9,20-22,34,36H,5,10-15H2,1-2H3/t20?,21-,22?,26-,27-/m1/s1. The third-order valence-electron chi connectivity index (χ3n) is 9.49. The third kappa shape index (κ3) is 3.29. The van der Waals surface area contributed by atoms with Crippen LogP contribution in [0.2, 0.25) is 0 Å². The van der Waals surface area contributed by atoms with Crippen LogP contribution < -0.4 is 4.74 Å². The fourth-order valence-electron chi connectivity index (χ4n) is 7.71. The van der Waals surface area contributed by atoms with E-state index in [1.165, 1.54) is 12.1 Å². The molecular formula is C28H31F3N2O4. The van der Waals surface area contributed by atoms with Gasteiger partial charge in [0.25, 0.3) is 0 Å². The Kier molecular flexibility index (Phi) is 5.38. The fourth-order valence-corrected chi connectivity index (χ4v) is 7.71. The predicted octanol–water partition coefficient (Wildman–Crippen LogP) is 3.65. The summed E-state index contributed by atoms with van der Waals surface area (Å²) < 4.78 is 45.0. The van der Waals surface area contributed by atoms with Gasteiger partial charge in [-0.3, -0.25) is 4.79 Å². The minimum atomic E-state index is -4.40. The summed E-state index contributed by atoms with van der Waals surface area (Å²) in [5.74, 6) is 0.399. The molecule has 2 aromatic carbocycles. The van der Waals surface area contributed by atoms with Crippen LogP contribution in [0.5, 0.6) is 11.5 Å². The van der Waals surface area contributed by atoms with E-state index in [-0.39, 0.29) is 30.2 Å². The van der Waals surface area contributed by atoms with Gasteiger partial charge >= 0.3 is 6.18 Å². The Morgan fingerprint density at radius 1 is 1.19 bits per heavy atom. The summed E-state index contributed by atoms with van der Waals surface area (Å²) in [6.45, 7) is 0.777. The number of aliphatic hydroxyl groups is 1. The lowest BCUT2D eigenvalue weighted by molar-refractivity contribution is -0.214. The number of piperidine rings is 1. The van der Waals surface area contributed by atoms with Gasteiger partial charge in [0, 0.05) is 25.1 Å². The molecule has 6 rings (SSSR count). The number of phenolic OH excluding ortho intramolecular Hbond substituents is 1. The zero-order valence-corrected chi connectivity index (χ0v) is 20.9. The molecule has 2 aromatic rings. The lowest BCUT2D eigenvalue weighted by Gasteiger charge is -2.66. The molecule has 2 aliphatic carbocycles. The number of phenols is 1. The summed E-state index contributed by atoms with van der Waals surface area (Å²) in [5, 5.41) is 23.3. The van der Waals surface area contributed by atoms with Gasteiger partial charge in [-0.2, -0.15) is 13.2 Å². The van der Waals surface area contributed by atoms with Crippen molar-refractivity contribution < 1.29 is 32.9 Å². The van der Waals surface area contributed by atoms with Gasteiger partial charge in [0.15, 0.2) is 11.5 Å². The van der Waals surface area contributed by atoms with Crippen molar-refractivity contribution in [2.75, 3.05) is 20.6 Å². The number of likely N-dealkylation sites (tertiary alicyclic amines) is 1. The molecule has 2 heterocycles. The number of ether oxygens (including phenoxy) is 1. The Balaban J connectivity index is 1.29. The van der Waals surface area contributed by atoms with Gasteiger partial charge < -0.3 is 24.7 Å². The average molecular weight is 517 g/mol. The van der Waals surface area contributed by atoms with E-state index in [4.69, 9.17) is 4.74 Å². The number of hydrogen-bond acceptors (Lipinski definition) is 5. The van der Waals surface area contributed by atoms with Crippen molar-refractivity contribution in [1.82, 2.24) is 9.80 Å². The maximum atomic E-state index is 13.4. The smallest absolute Gasteiger partial charge is 0.416 e. The summed E-state index contributed by atoms with van der Waals surface area (Å²) >= 11 is 0. The zero-order valence-electron chi connectivity index (χ0n) is 20.9. The molecule has 2 aliphatic heterocycles. The predicted molar refractivity (Wildman–Crippen MR) is 129 cm³/mol. The number of alkyl halides is 3. The van der Waals surface area contributed by atoms with Crippen molar-refractivity contribution >= 4 is 5.91 Å². The van der Waals surface area contributed by atoms with Gasteiger partial charge in [-0.15, -0.1) is 0 Å². The zero-order chi connectivity index (χ0) is 26.3. The number of amides is 1. The van der Waals surface area contributed by atoms with Crippen LogP contribution in [0.4, 0.5) is 13.2 Å². The molecule has 2 unspecified atom stereocenters. The topological polar surface area (TPSA) is 73.2 Å². The third-order valence-corrected chi connectivity index (χ3v) is 9.49. The SMILES string of the molecule is CN(C(=O)CCc1ccc(C(F)(F)F)cc1)C1CCC2Oc3c(O)ccc4c3[C@@]23CCN(C)[C@H](C4)[C@]13O. The van der Waals surface area contributed by atoms with Crippen LogP contribution in [0.25, 0.3) is 0 Å². The summed E-state index contributed by atoms with van der Waals surface area (Å²) in [4.78, 5) is 17.2. The lowest BCUT2D eigenvalue weighted by Crippen LogP contribution is -2.81. The van der Waals surface area contributed by atoms with E-state index in [9.17, 15) is 28.2 Å². The van der Waals surface area contributed by atoms with Gasteiger partial charge in [0.1, 0.15) is 11.7 Å². The summed E-state index contributed by atoms with van der Waals surface area (Å²) in [6.07, 6.45) is -1.77. The van der Waals surface area contributed by atoms with E-state index in [0.717, 1.165) is 29.8 Å². The Morgan fingerprint density at radius 3 is 2.62 bits per heavy atom. The largest absolute Gasteiger partial charge is 0.504 e. The quantitative estimate of drug-likeness (QED) is 0.649. The Morgan fingerprint density at radius 2 is 1.92 bits per heavy atom. The molecule has 2 fully saturated rings. The number of carbonyl (C=O) groups excluding carboxylic acids is 1. The van der Waals surface area contributed by atoms with Crippen LogP contribution in [0.15, 0.2) is 36.4 Å². The fraction of sp³-hybridized carbons (Fsp3) is 0.536. The Hall–Kier alpha value is -2.78. The summed E-state index contributed by atoms with van der Waals surface area (Å²) in [7, 11) is 3.73. The van der Waals surface area contributed by atoms with Crippen LogP contribution in [0.3, 0.4) is 0 Å². The molecule has 0 aromatic heterocycles. The molecule has 2 bridgehead atoms. The molecular weight excluding hydrogens is 485 g/mol. The van der Waals surface area contributed by atoms with E-state index >= 15 is 0 Å². The number of halogens is 3. The number of aryl methyl sites for hydroxylation is 1. The molecule has 2 N–H and O–H groups in total. The number of rotatable bonds is 4. The highest BCUT2D eigenvalue weighted by Gasteiger charge is 2.74. The molecule has 37 heavy (non-hydrogen) atoms. The maximum Gasteiger partial charge on any atom is 0.416 e. The van der Waals surface area contributed by atoms with E-state index in [2.05, 4.69) is 4.90 Å². The minimum absolute atomic E-state index is 0.0831. The maximum absolute atomic E-state index is 13.4. The molecule has 198 valence electrons. The van der Waals surface area contributed by atoms with E-state index in [0.29, 0.717) is 43.4 Å². The van der Waals surface area contributed by atoms with E-state index in [1.807, 2.05) is 13.1 Å². The van der Waals surface area contributed by atoms with Crippen molar-refractivity contribution in [2.45, 2.75) is 73.9 Å². The van der Waals surface area contributed by atoms with Crippen molar-refractivity contribution in [3.63, 3.8) is 0 Å². The highest BCUT2D eigenvalue weighted by atomic mass is 19.4. The molecule has 1 saturated carbocycles. The number of likely N-dealkylation sites (N-methyl/N-ethyl adjacent to an activating group) is 2. The Labute approximate surface area is 213 Å². The molecule has 1 saturated heterocycles. The van der Waals surface area contributed by atoms with Crippen molar-refractivity contribution in [3.05, 3.63) is 58.7 Å². The number of nitrogens with zero attached hydrogens (tertiary/aromatic N) is 2. The van der Waals surface area contributed by atoms with Crippen LogP contribution in [-0.4, -0.2) is 70.3 Å². The number of hydrogen-bond donors (Lipinski definition) is 2. The second kappa shape index (κ2) is 8.11. The van der Waals surface area contributed by atoms with Gasteiger partial charge in [-0.1, -0.05) is 18.2 Å². The molecule has 4 aliphatic rings. The minimum Gasteiger partial charge on any atom is -0.504 e. The van der Waals surface area contributed by atoms with Crippen molar-refractivity contribution in [2.24, 2.45) is 0 Å². The Bertz CT molecular complexity index is 1250. The van der Waals surface area contributed by atoms with Gasteiger partial charge in [0.2, 0.25) is 5.91 Å². The average Bonchev–Trinajstić information content (AvgIpc) is 3.20. The van der Waals surface area contributed by atoms with Crippen LogP contribution in [0.1, 0.15) is 47.9 Å². The lowest BCUT2D eigenvalue weighted by atomic mass is 9.47. The monoisotopic (exact) mass is 516 g/mol. The van der Waals surface area contributed by atoms with Gasteiger partial charge in [-0.25, -0.2) is 0 Å². The summed E-state index contributed by atoms with van der Waals surface area (Å²) in [6, 6.07) is 7.82. The summed E-state index contributed by atoms with van der Waals surface area (Å²) in [5.41, 5.74) is -0.0588. The number of benzene rings is 2. The van der Waals surface area contributed by atoms with Crippen LogP contribution >= 0.6 is 0 Å². The first-order valence-electron chi connectivity index (χ1n) is 12.8. The highest BCUT2D eigenvalue weighted by molar-refractivity contribution is 5.77. The normalized spacial score (nSPS) is 32.0. The van der Waals surface area contributed by atoms with Gasteiger partial charge in [0.05, 0.1) is 17.0 Å². The molecule has 6 nitrogen and oxygen atoms in total. The number of carbonyl (C=O) groups is 1. The molecule has 5 atom stereocenters. The molecule has 0 radical (unpaired) electrons. The molecule has 1 spiro atoms. The second-order valence-corrected chi connectivity index (χ2v) is 11.1. The number of aromatic hydroxyl groups is 1. The highest BCUT2D eigenvalue weighted by Crippen LogP contribution is 2.65. The van der Waals surface area contributed by atoms with Crippen molar-refractivity contribution in [1.29, 1.82) is 0 Å². The van der Waals surface area contributed by atoms with Crippen LogP contribution in [-0.2, 0) is 29.2 Å². The second-order valence-electron chi connectivity index (χ2n) is 11.1. The first-order chi connectivity index (χ1) is 17.5. The van der Waals surface area contributed by atoms with Crippen molar-refractivity contribution in [3.8, 4) is 11.5 Å². The first kappa shape index (κ1) is 24.6. The van der Waals surface area contributed by atoms with Crippen LogP contribution in [0, 0.1) is 0 Å². The molecule has 1 amide bonds. The first-order valence-corrected chi connectivity index (χ1v) is 12.8.